The van der Waals surface area contributed by atoms with E-state index in [9.17, 15) is 13.2 Å². The second kappa shape index (κ2) is 9.54. The zero-order chi connectivity index (χ0) is 22.6. The fourth-order valence-corrected chi connectivity index (χ4v) is 4.79. The van der Waals surface area contributed by atoms with Gasteiger partial charge in [0.05, 0.1) is 10.7 Å². The summed E-state index contributed by atoms with van der Waals surface area (Å²) in [7, 11) is -3.98. The number of carbonyl (C=O) groups excluding carboxylic acids is 1. The summed E-state index contributed by atoms with van der Waals surface area (Å²) in [5.74, 6) is -0.241. The molecule has 0 aliphatic carbocycles. The molecule has 0 aliphatic heterocycles. The minimum atomic E-state index is -3.98. The van der Waals surface area contributed by atoms with Crippen molar-refractivity contribution in [3.05, 3.63) is 94.0 Å². The van der Waals surface area contributed by atoms with Crippen LogP contribution in [0.2, 0.25) is 5.02 Å². The number of halogens is 1. The van der Waals surface area contributed by atoms with Gasteiger partial charge in [-0.05, 0) is 60.7 Å². The largest absolute Gasteiger partial charge is 0.351 e. The topological polar surface area (TPSA) is 75.3 Å². The molecule has 0 bridgehead atoms. The molecule has 0 fully saturated rings. The Bertz CT molecular complexity index is 1190. The van der Waals surface area contributed by atoms with Crippen LogP contribution in [0.5, 0.6) is 0 Å². The molecule has 162 valence electrons. The number of carbonyl (C=O) groups is 1. The van der Waals surface area contributed by atoms with E-state index in [2.05, 4.69) is 10.0 Å². The molecule has 3 aromatic rings. The van der Waals surface area contributed by atoms with E-state index in [0.717, 1.165) is 16.7 Å². The van der Waals surface area contributed by atoms with Crippen LogP contribution in [0.3, 0.4) is 0 Å². The lowest BCUT2D eigenvalue weighted by Gasteiger charge is -2.15. The Morgan fingerprint density at radius 3 is 2.42 bits per heavy atom. The van der Waals surface area contributed by atoms with Crippen LogP contribution in [0.1, 0.15) is 39.9 Å². The predicted octanol–water partition coefficient (Wildman–Crippen LogP) is 5.29. The summed E-state index contributed by atoms with van der Waals surface area (Å²) >= 11 is 6.18. The van der Waals surface area contributed by atoms with E-state index in [1.54, 1.807) is 6.07 Å². The van der Waals surface area contributed by atoms with Crippen molar-refractivity contribution >= 4 is 33.2 Å². The van der Waals surface area contributed by atoms with Crippen molar-refractivity contribution in [1.82, 2.24) is 5.32 Å². The lowest BCUT2D eigenvalue weighted by Crippen LogP contribution is -2.27. The van der Waals surface area contributed by atoms with Gasteiger partial charge >= 0.3 is 0 Å². The molecule has 0 heterocycles. The number of amides is 1. The molecule has 1 atom stereocenters. The second-order valence-electron chi connectivity index (χ2n) is 7.59. The molecule has 3 rings (SSSR count). The predicted molar refractivity (Wildman–Crippen MR) is 125 cm³/mol. The number of anilines is 1. The van der Waals surface area contributed by atoms with Crippen LogP contribution in [0.4, 0.5) is 5.69 Å². The minimum absolute atomic E-state index is 0.0482. The number of nitrogens with one attached hydrogen (secondary N) is 2. The van der Waals surface area contributed by atoms with E-state index >= 15 is 0 Å². The second-order valence-corrected chi connectivity index (χ2v) is 9.65. The third kappa shape index (κ3) is 5.66. The Morgan fingerprint density at radius 2 is 1.71 bits per heavy atom. The van der Waals surface area contributed by atoms with Crippen LogP contribution >= 0.6 is 11.6 Å². The van der Waals surface area contributed by atoms with Gasteiger partial charge in [0.25, 0.3) is 15.9 Å². The van der Waals surface area contributed by atoms with Crippen molar-refractivity contribution in [1.29, 1.82) is 0 Å². The van der Waals surface area contributed by atoms with Crippen LogP contribution < -0.4 is 10.0 Å². The zero-order valence-electron chi connectivity index (χ0n) is 17.6. The molecule has 0 radical (unpaired) electrons. The highest BCUT2D eigenvalue weighted by molar-refractivity contribution is 7.92. The maximum Gasteiger partial charge on any atom is 0.263 e. The van der Waals surface area contributed by atoms with E-state index in [-0.39, 0.29) is 27.3 Å². The van der Waals surface area contributed by atoms with Crippen molar-refractivity contribution in [2.45, 2.75) is 31.6 Å². The van der Waals surface area contributed by atoms with E-state index in [0.29, 0.717) is 12.2 Å². The lowest BCUT2D eigenvalue weighted by molar-refractivity contribution is 0.0951. The van der Waals surface area contributed by atoms with Crippen LogP contribution in [-0.2, 0) is 10.0 Å². The standard InChI is InChI=1S/C24H25ClN2O3S/c1-16-9-10-17(2)22(13-16)27-31(29,30)23-14-20(11-12-21(23)25)24(28)26-15-18(3)19-7-5-4-6-8-19/h4-14,18,27H,15H2,1-3H3,(H,26,28)/t18-/m0/s1. The first-order valence-corrected chi connectivity index (χ1v) is 11.8. The van der Waals surface area contributed by atoms with Crippen molar-refractivity contribution in [2.24, 2.45) is 0 Å². The molecule has 3 aromatic carbocycles. The normalized spacial score (nSPS) is 12.3. The molecule has 0 saturated heterocycles. The number of hydrogen-bond donors (Lipinski definition) is 2. The van der Waals surface area contributed by atoms with Gasteiger partial charge in [-0.3, -0.25) is 9.52 Å². The lowest BCUT2D eigenvalue weighted by atomic mass is 10.0. The maximum absolute atomic E-state index is 13.0. The highest BCUT2D eigenvalue weighted by Gasteiger charge is 2.21. The first-order valence-electron chi connectivity index (χ1n) is 9.90. The Balaban J connectivity index is 1.79. The molecule has 0 spiro atoms. The number of sulfonamides is 1. The first-order chi connectivity index (χ1) is 14.7. The van der Waals surface area contributed by atoms with E-state index in [1.807, 2.05) is 63.2 Å². The summed E-state index contributed by atoms with van der Waals surface area (Å²) in [4.78, 5) is 12.5. The van der Waals surface area contributed by atoms with Crippen LogP contribution in [0.25, 0.3) is 0 Å². The first kappa shape index (κ1) is 22.8. The molecule has 1 amide bonds. The van der Waals surface area contributed by atoms with E-state index < -0.39 is 10.0 Å². The molecule has 7 heteroatoms. The summed E-state index contributed by atoms with van der Waals surface area (Å²) < 4.78 is 28.5. The van der Waals surface area contributed by atoms with Gasteiger partial charge in [0.2, 0.25) is 0 Å². The Labute approximate surface area is 188 Å². The third-order valence-corrected chi connectivity index (χ3v) is 6.90. The molecule has 5 nitrogen and oxygen atoms in total. The number of benzene rings is 3. The minimum Gasteiger partial charge on any atom is -0.351 e. The zero-order valence-corrected chi connectivity index (χ0v) is 19.2. The van der Waals surface area contributed by atoms with Crippen LogP contribution in [0, 0.1) is 13.8 Å². The molecule has 0 unspecified atom stereocenters. The maximum atomic E-state index is 13.0. The Kier molecular flexibility index (Phi) is 7.03. The van der Waals surface area contributed by atoms with E-state index in [4.69, 9.17) is 11.6 Å². The van der Waals surface area contributed by atoms with Gasteiger partial charge in [-0.25, -0.2) is 8.42 Å². The van der Waals surface area contributed by atoms with Crippen LogP contribution in [-0.4, -0.2) is 20.9 Å². The van der Waals surface area contributed by atoms with E-state index in [1.165, 1.54) is 18.2 Å². The van der Waals surface area contributed by atoms with Crippen molar-refractivity contribution in [2.75, 3.05) is 11.3 Å². The number of hydrogen-bond acceptors (Lipinski definition) is 3. The summed E-state index contributed by atoms with van der Waals surface area (Å²) in [5, 5.41) is 2.91. The molecule has 2 N–H and O–H groups in total. The Hall–Kier alpha value is -2.83. The summed E-state index contributed by atoms with van der Waals surface area (Å²) in [6.07, 6.45) is 0. The van der Waals surface area contributed by atoms with Crippen molar-refractivity contribution in [3.8, 4) is 0 Å². The van der Waals surface area contributed by atoms with Crippen molar-refractivity contribution in [3.63, 3.8) is 0 Å². The fraction of sp³-hybridized carbons (Fsp3) is 0.208. The fourth-order valence-electron chi connectivity index (χ4n) is 3.14. The summed E-state index contributed by atoms with van der Waals surface area (Å²) in [5.41, 5.74) is 3.53. The van der Waals surface area contributed by atoms with Crippen molar-refractivity contribution < 1.29 is 13.2 Å². The van der Waals surface area contributed by atoms with Gasteiger partial charge in [0.15, 0.2) is 0 Å². The number of rotatable bonds is 7. The third-order valence-electron chi connectivity index (χ3n) is 5.06. The highest BCUT2D eigenvalue weighted by atomic mass is 35.5. The molecular weight excluding hydrogens is 432 g/mol. The van der Waals surface area contributed by atoms with Gasteiger partial charge in [-0.2, -0.15) is 0 Å². The smallest absolute Gasteiger partial charge is 0.263 e. The average molecular weight is 457 g/mol. The Morgan fingerprint density at radius 1 is 1.00 bits per heavy atom. The van der Waals surface area contributed by atoms with Gasteiger partial charge < -0.3 is 5.32 Å². The quantitative estimate of drug-likeness (QED) is 0.507. The number of aryl methyl sites for hydroxylation is 2. The van der Waals surface area contributed by atoms with Gasteiger partial charge in [0, 0.05) is 12.1 Å². The van der Waals surface area contributed by atoms with Gasteiger partial charge in [-0.15, -0.1) is 0 Å². The molecule has 0 aliphatic rings. The molecular formula is C24H25ClN2O3S. The van der Waals surface area contributed by atoms with Gasteiger partial charge in [-0.1, -0.05) is 61.0 Å². The molecule has 31 heavy (non-hydrogen) atoms. The molecule has 0 aromatic heterocycles. The monoisotopic (exact) mass is 456 g/mol. The molecule has 0 saturated carbocycles. The van der Waals surface area contributed by atoms with Crippen LogP contribution in [0.15, 0.2) is 71.6 Å². The highest BCUT2D eigenvalue weighted by Crippen LogP contribution is 2.27. The summed E-state index contributed by atoms with van der Waals surface area (Å²) in [6.45, 7) is 6.14. The summed E-state index contributed by atoms with van der Waals surface area (Å²) in [6, 6.07) is 19.6. The SMILES string of the molecule is Cc1ccc(C)c(NS(=O)(=O)c2cc(C(=O)NC[C@H](C)c3ccccc3)ccc2Cl)c1. The van der Waals surface area contributed by atoms with Gasteiger partial charge in [0.1, 0.15) is 4.90 Å². The average Bonchev–Trinajstić information content (AvgIpc) is 2.75.